The maximum Gasteiger partial charge on any atom is 0.345 e. The van der Waals surface area contributed by atoms with Crippen molar-refractivity contribution >= 4 is 34.3 Å². The number of imidazole rings is 1. The van der Waals surface area contributed by atoms with Gasteiger partial charge >= 0.3 is 6.61 Å². The minimum Gasteiger partial charge on any atom is -0.496 e. The van der Waals surface area contributed by atoms with Gasteiger partial charge in [-0.3, -0.25) is 9.88 Å². The van der Waals surface area contributed by atoms with E-state index in [1.54, 1.807) is 13.3 Å². The highest BCUT2D eigenvalue weighted by Crippen LogP contribution is 2.39. The molecule has 0 unspecified atom stereocenters. The van der Waals surface area contributed by atoms with Gasteiger partial charge in [-0.1, -0.05) is 5.16 Å². The molecular formula is C25H30ClF2N5O4. The van der Waals surface area contributed by atoms with Crippen LogP contribution >= 0.6 is 12.4 Å². The van der Waals surface area contributed by atoms with Crippen molar-refractivity contribution in [2.24, 2.45) is 0 Å². The fraction of sp³-hybridized carbons (Fsp3) is 0.480. The number of pyridine rings is 1. The van der Waals surface area contributed by atoms with Crippen LogP contribution in [0.1, 0.15) is 30.2 Å². The molecule has 1 saturated heterocycles. The number of halogens is 3. The lowest BCUT2D eigenvalue weighted by molar-refractivity contribution is -0.135. The number of methoxy groups -OCH3 is 1. The van der Waals surface area contributed by atoms with Gasteiger partial charge in [0.2, 0.25) is 0 Å². The Bertz CT molecular complexity index is 1370. The van der Waals surface area contributed by atoms with Crippen molar-refractivity contribution in [2.45, 2.75) is 40.0 Å². The molecular weight excluding hydrogens is 508 g/mol. The quantitative estimate of drug-likeness (QED) is 0.313. The summed E-state index contributed by atoms with van der Waals surface area (Å²) in [5.41, 5.74) is 4.64. The van der Waals surface area contributed by atoms with Gasteiger partial charge in [-0.2, -0.15) is 8.78 Å². The van der Waals surface area contributed by atoms with Crippen LogP contribution in [0.25, 0.3) is 33.1 Å². The molecule has 1 aliphatic heterocycles. The first-order chi connectivity index (χ1) is 17.4. The molecule has 0 aliphatic carbocycles. The van der Waals surface area contributed by atoms with Gasteiger partial charge < -0.3 is 23.3 Å². The standard InChI is InChI=1S/C25H29F2N5O4.ClH/c1-14(13-35-25(26)27)32-22(12-31-5-7-34-8-6-31)29-20-11-28-19-9-18(23-15(2)30-36-16(23)3)21(33-4)10-17(19)24(20)32;/h9-11,14,25H,5-8,12-13H2,1-4H3;1H/t14-;/m1./s1. The highest BCUT2D eigenvalue weighted by Gasteiger charge is 2.24. The van der Waals surface area contributed by atoms with Crippen molar-refractivity contribution < 1.29 is 27.5 Å². The van der Waals surface area contributed by atoms with Crippen LogP contribution in [0.3, 0.4) is 0 Å². The van der Waals surface area contributed by atoms with Gasteiger partial charge in [-0.15, -0.1) is 12.4 Å². The molecule has 4 heterocycles. The fourth-order valence-corrected chi connectivity index (χ4v) is 4.92. The molecule has 0 N–H and O–H groups in total. The molecule has 9 nitrogen and oxygen atoms in total. The third-order valence-corrected chi connectivity index (χ3v) is 6.59. The van der Waals surface area contributed by atoms with E-state index in [4.69, 9.17) is 23.7 Å². The van der Waals surface area contributed by atoms with E-state index < -0.39 is 6.61 Å². The van der Waals surface area contributed by atoms with Crippen molar-refractivity contribution in [2.75, 3.05) is 40.0 Å². The fourth-order valence-electron chi connectivity index (χ4n) is 4.92. The topological polar surface area (TPSA) is 87.7 Å². The predicted molar refractivity (Wildman–Crippen MR) is 137 cm³/mol. The number of alkyl halides is 2. The van der Waals surface area contributed by atoms with Crippen LogP contribution in [-0.2, 0) is 16.0 Å². The van der Waals surface area contributed by atoms with E-state index in [-0.39, 0.29) is 25.1 Å². The minimum atomic E-state index is -2.85. The SMILES string of the molecule is COc1cc2c(cc1-c1c(C)noc1C)ncc1nc(CN3CCOCC3)n([C@H](C)COC(F)F)c12.Cl. The Morgan fingerprint density at radius 2 is 1.89 bits per heavy atom. The molecule has 0 amide bonds. The zero-order valence-electron chi connectivity index (χ0n) is 21.2. The van der Waals surface area contributed by atoms with Crippen molar-refractivity contribution in [1.82, 2.24) is 24.6 Å². The van der Waals surface area contributed by atoms with E-state index in [1.807, 2.05) is 37.5 Å². The summed E-state index contributed by atoms with van der Waals surface area (Å²) in [5, 5.41) is 4.88. The zero-order chi connectivity index (χ0) is 25.4. The molecule has 1 aromatic carbocycles. The second-order valence-corrected chi connectivity index (χ2v) is 8.99. The minimum absolute atomic E-state index is 0. The Hall–Kier alpha value is -2.86. The van der Waals surface area contributed by atoms with E-state index in [9.17, 15) is 8.78 Å². The Labute approximate surface area is 219 Å². The number of aromatic nitrogens is 4. The summed E-state index contributed by atoms with van der Waals surface area (Å²) < 4.78 is 49.1. The summed E-state index contributed by atoms with van der Waals surface area (Å²) in [6.45, 7) is 6.00. The molecule has 1 aliphatic rings. The monoisotopic (exact) mass is 537 g/mol. The largest absolute Gasteiger partial charge is 0.496 e. The first-order valence-corrected chi connectivity index (χ1v) is 11.9. The molecule has 3 aromatic heterocycles. The normalized spacial score (nSPS) is 15.4. The first-order valence-electron chi connectivity index (χ1n) is 11.9. The van der Waals surface area contributed by atoms with Gasteiger partial charge in [-0.05, 0) is 32.9 Å². The molecule has 0 saturated carbocycles. The summed E-state index contributed by atoms with van der Waals surface area (Å²) in [6.07, 6.45) is 1.72. The van der Waals surface area contributed by atoms with Crippen molar-refractivity contribution in [3.8, 4) is 16.9 Å². The maximum atomic E-state index is 12.9. The lowest BCUT2D eigenvalue weighted by Gasteiger charge is -2.27. The van der Waals surface area contributed by atoms with E-state index in [2.05, 4.69) is 15.0 Å². The molecule has 4 aromatic rings. The summed E-state index contributed by atoms with van der Waals surface area (Å²) in [7, 11) is 1.61. The summed E-state index contributed by atoms with van der Waals surface area (Å²) in [6, 6.07) is 3.47. The number of rotatable bonds is 8. The number of aryl methyl sites for hydroxylation is 2. The van der Waals surface area contributed by atoms with Gasteiger partial charge in [0.15, 0.2) is 0 Å². The van der Waals surface area contributed by atoms with Gasteiger partial charge in [0.05, 0.1) is 68.0 Å². The number of nitrogens with zero attached hydrogens (tertiary/aromatic N) is 5. The van der Waals surface area contributed by atoms with Crippen LogP contribution in [0.4, 0.5) is 8.78 Å². The molecule has 5 rings (SSSR count). The molecule has 37 heavy (non-hydrogen) atoms. The predicted octanol–water partition coefficient (Wildman–Crippen LogP) is 4.92. The Kier molecular flexibility index (Phi) is 8.27. The van der Waals surface area contributed by atoms with Crippen LogP contribution in [0.5, 0.6) is 5.75 Å². The van der Waals surface area contributed by atoms with Crippen molar-refractivity contribution in [3.05, 3.63) is 35.6 Å². The third kappa shape index (κ3) is 5.26. The van der Waals surface area contributed by atoms with E-state index in [0.29, 0.717) is 36.8 Å². The van der Waals surface area contributed by atoms with E-state index >= 15 is 0 Å². The molecule has 1 fully saturated rings. The lowest BCUT2D eigenvalue weighted by Crippen LogP contribution is -2.36. The molecule has 0 radical (unpaired) electrons. The molecule has 200 valence electrons. The van der Waals surface area contributed by atoms with Gasteiger partial charge in [-0.25, -0.2) is 4.98 Å². The Morgan fingerprint density at radius 1 is 1.14 bits per heavy atom. The average Bonchev–Trinajstić information content (AvgIpc) is 3.41. The Balaban J connectivity index is 0.00000320. The molecule has 12 heteroatoms. The number of ether oxygens (including phenoxy) is 3. The van der Waals surface area contributed by atoms with E-state index in [0.717, 1.165) is 52.2 Å². The number of fused-ring (bicyclic) bond motifs is 3. The molecule has 1 atom stereocenters. The van der Waals surface area contributed by atoms with Gasteiger partial charge in [0, 0.05) is 24.0 Å². The van der Waals surface area contributed by atoms with Crippen molar-refractivity contribution in [1.29, 1.82) is 0 Å². The highest BCUT2D eigenvalue weighted by molar-refractivity contribution is 6.05. The summed E-state index contributed by atoms with van der Waals surface area (Å²) in [5.74, 6) is 2.08. The zero-order valence-corrected chi connectivity index (χ0v) is 22.0. The van der Waals surface area contributed by atoms with E-state index in [1.165, 1.54) is 0 Å². The number of hydrogen-bond acceptors (Lipinski definition) is 8. The number of morpholine rings is 1. The van der Waals surface area contributed by atoms with Crippen LogP contribution < -0.4 is 4.74 Å². The maximum absolute atomic E-state index is 12.9. The smallest absolute Gasteiger partial charge is 0.345 e. The second kappa shape index (κ2) is 11.3. The second-order valence-electron chi connectivity index (χ2n) is 8.99. The Morgan fingerprint density at radius 3 is 2.54 bits per heavy atom. The summed E-state index contributed by atoms with van der Waals surface area (Å²) in [4.78, 5) is 11.8. The lowest BCUT2D eigenvalue weighted by atomic mass is 10.0. The van der Waals surface area contributed by atoms with Gasteiger partial charge in [0.25, 0.3) is 0 Å². The van der Waals surface area contributed by atoms with Crippen LogP contribution in [0.2, 0.25) is 0 Å². The first kappa shape index (κ1) is 27.2. The van der Waals surface area contributed by atoms with Crippen LogP contribution in [0, 0.1) is 13.8 Å². The number of hydrogen-bond donors (Lipinski definition) is 0. The van der Waals surface area contributed by atoms with Crippen molar-refractivity contribution in [3.63, 3.8) is 0 Å². The van der Waals surface area contributed by atoms with Crippen LogP contribution in [-0.4, -0.2) is 71.2 Å². The molecule has 0 bridgehead atoms. The molecule has 0 spiro atoms. The average molecular weight is 538 g/mol. The summed E-state index contributed by atoms with van der Waals surface area (Å²) >= 11 is 0. The van der Waals surface area contributed by atoms with Crippen LogP contribution in [0.15, 0.2) is 22.9 Å². The third-order valence-electron chi connectivity index (χ3n) is 6.59. The number of benzene rings is 1. The van der Waals surface area contributed by atoms with Gasteiger partial charge in [0.1, 0.15) is 22.9 Å². The highest BCUT2D eigenvalue weighted by atomic mass is 35.5.